The molecule has 0 saturated carbocycles. The van der Waals surface area contributed by atoms with Crippen molar-refractivity contribution in [1.29, 1.82) is 0 Å². The van der Waals surface area contributed by atoms with Gasteiger partial charge in [0.05, 0.1) is 17.6 Å². The number of hydrogen-bond donors (Lipinski definition) is 1. The summed E-state index contributed by atoms with van der Waals surface area (Å²) in [4.78, 5) is 23.7. The number of ether oxygens (including phenoxy) is 1. The number of nitro groups is 1. The number of aryl methyl sites for hydroxylation is 1. The van der Waals surface area contributed by atoms with E-state index in [1.54, 1.807) is 6.92 Å². The molecule has 0 spiro atoms. The maximum atomic E-state index is 12.2. The van der Waals surface area contributed by atoms with Gasteiger partial charge >= 0.3 is 0 Å². The molecule has 1 amide bonds. The Morgan fingerprint density at radius 1 is 1.55 bits per heavy atom. The molecule has 0 aliphatic heterocycles. The van der Waals surface area contributed by atoms with Gasteiger partial charge in [0.15, 0.2) is 0 Å². The number of aliphatic hydroxyl groups is 1. The van der Waals surface area contributed by atoms with Gasteiger partial charge in [-0.2, -0.15) is 0 Å². The molecule has 0 heterocycles. The molecule has 7 heteroatoms. The third-order valence-corrected chi connectivity index (χ3v) is 2.85. The summed E-state index contributed by atoms with van der Waals surface area (Å²) in [6.45, 7) is 1.91. The Hall–Kier alpha value is -1.99. The standard InChI is InChI=1S/C13H18N2O5/c1-9-4-5-10(15(18)19)6-12(9)13(17)14(2)7-11(16)8-20-3/h4-6,11,16H,7-8H2,1-3H3. The number of non-ortho nitro benzene ring substituents is 1. The number of nitrogens with zero attached hydrogens (tertiary/aromatic N) is 2. The number of rotatable bonds is 6. The summed E-state index contributed by atoms with van der Waals surface area (Å²) in [6.07, 6.45) is -0.798. The summed E-state index contributed by atoms with van der Waals surface area (Å²) >= 11 is 0. The molecule has 0 saturated heterocycles. The first-order chi connectivity index (χ1) is 9.36. The molecule has 1 aromatic carbocycles. The predicted octanol–water partition coefficient (Wildman–Crippen LogP) is 0.983. The molecule has 110 valence electrons. The van der Waals surface area contributed by atoms with E-state index in [0.717, 1.165) is 0 Å². The van der Waals surface area contributed by atoms with E-state index in [2.05, 4.69) is 0 Å². The molecule has 0 aromatic heterocycles. The number of likely N-dealkylation sites (N-methyl/N-ethyl adjacent to an activating group) is 1. The van der Waals surface area contributed by atoms with Gasteiger partial charge in [0.2, 0.25) is 0 Å². The second-order valence-electron chi connectivity index (χ2n) is 4.55. The first-order valence-electron chi connectivity index (χ1n) is 6.04. The molecule has 20 heavy (non-hydrogen) atoms. The molecule has 1 N–H and O–H groups in total. The Balaban J connectivity index is 2.90. The first kappa shape index (κ1) is 16.1. The van der Waals surface area contributed by atoms with E-state index in [1.165, 1.54) is 37.3 Å². The van der Waals surface area contributed by atoms with Crippen molar-refractivity contribution in [2.45, 2.75) is 13.0 Å². The van der Waals surface area contributed by atoms with Crippen molar-refractivity contribution in [3.05, 3.63) is 39.4 Å². The highest BCUT2D eigenvalue weighted by molar-refractivity contribution is 5.96. The van der Waals surface area contributed by atoms with Crippen molar-refractivity contribution < 1.29 is 19.6 Å². The molecule has 0 radical (unpaired) electrons. The van der Waals surface area contributed by atoms with Gasteiger partial charge in [0.1, 0.15) is 0 Å². The fourth-order valence-electron chi connectivity index (χ4n) is 1.80. The molecule has 1 rings (SSSR count). The molecular weight excluding hydrogens is 264 g/mol. The summed E-state index contributed by atoms with van der Waals surface area (Å²) in [5.74, 6) is -0.374. The number of carbonyl (C=O) groups excluding carboxylic acids is 1. The van der Waals surface area contributed by atoms with E-state index in [0.29, 0.717) is 5.56 Å². The predicted molar refractivity (Wildman–Crippen MR) is 72.7 cm³/mol. The maximum absolute atomic E-state index is 12.2. The van der Waals surface area contributed by atoms with E-state index in [4.69, 9.17) is 4.74 Å². The quantitative estimate of drug-likeness (QED) is 0.620. The van der Waals surface area contributed by atoms with Crippen molar-refractivity contribution in [2.24, 2.45) is 0 Å². The van der Waals surface area contributed by atoms with E-state index in [9.17, 15) is 20.0 Å². The van der Waals surface area contributed by atoms with E-state index in [-0.39, 0.29) is 30.3 Å². The average Bonchev–Trinajstić information content (AvgIpc) is 2.38. The summed E-state index contributed by atoms with van der Waals surface area (Å²) in [6, 6.07) is 4.13. The number of hydrogen-bond acceptors (Lipinski definition) is 5. The lowest BCUT2D eigenvalue weighted by molar-refractivity contribution is -0.384. The molecule has 0 aliphatic rings. The zero-order valence-electron chi connectivity index (χ0n) is 11.7. The highest BCUT2D eigenvalue weighted by Crippen LogP contribution is 2.18. The van der Waals surface area contributed by atoms with Crippen molar-refractivity contribution in [3.8, 4) is 0 Å². The van der Waals surface area contributed by atoms with Crippen LogP contribution in [-0.2, 0) is 4.74 Å². The Labute approximate surface area is 116 Å². The molecule has 1 unspecified atom stereocenters. The molecular formula is C13H18N2O5. The number of carbonyl (C=O) groups is 1. The van der Waals surface area contributed by atoms with Crippen LogP contribution in [0.25, 0.3) is 0 Å². The monoisotopic (exact) mass is 282 g/mol. The van der Waals surface area contributed by atoms with Crippen LogP contribution in [0.5, 0.6) is 0 Å². The summed E-state index contributed by atoms with van der Waals surface area (Å²) < 4.78 is 4.79. The van der Waals surface area contributed by atoms with Crippen LogP contribution in [0.4, 0.5) is 5.69 Å². The van der Waals surface area contributed by atoms with Crippen molar-refractivity contribution >= 4 is 11.6 Å². The van der Waals surface area contributed by atoms with Gasteiger partial charge < -0.3 is 14.7 Å². The minimum absolute atomic E-state index is 0.0921. The van der Waals surface area contributed by atoms with Crippen LogP contribution in [0, 0.1) is 17.0 Å². The van der Waals surface area contributed by atoms with E-state index >= 15 is 0 Å². The number of nitro benzene ring substituents is 1. The van der Waals surface area contributed by atoms with Crippen LogP contribution in [0.15, 0.2) is 18.2 Å². The van der Waals surface area contributed by atoms with Gasteiger partial charge in [-0.25, -0.2) is 0 Å². The van der Waals surface area contributed by atoms with Gasteiger partial charge in [-0.3, -0.25) is 14.9 Å². The summed E-state index contributed by atoms with van der Waals surface area (Å²) in [5.41, 5.74) is 0.768. The fraction of sp³-hybridized carbons (Fsp3) is 0.462. The molecule has 0 aliphatic carbocycles. The van der Waals surface area contributed by atoms with Crippen LogP contribution >= 0.6 is 0 Å². The molecule has 0 bridgehead atoms. The molecule has 0 fully saturated rings. The summed E-state index contributed by atoms with van der Waals surface area (Å²) in [7, 11) is 2.98. The largest absolute Gasteiger partial charge is 0.389 e. The van der Waals surface area contributed by atoms with Gasteiger partial charge in [-0.05, 0) is 12.5 Å². The average molecular weight is 282 g/mol. The van der Waals surface area contributed by atoms with Gasteiger partial charge in [-0.1, -0.05) is 6.07 Å². The Bertz CT molecular complexity index is 504. The van der Waals surface area contributed by atoms with Gasteiger partial charge in [0, 0.05) is 38.4 Å². The molecule has 1 aromatic rings. The van der Waals surface area contributed by atoms with Crippen LogP contribution in [0.3, 0.4) is 0 Å². The Morgan fingerprint density at radius 3 is 2.75 bits per heavy atom. The van der Waals surface area contributed by atoms with Crippen LogP contribution in [0.2, 0.25) is 0 Å². The number of aliphatic hydroxyl groups excluding tert-OH is 1. The lowest BCUT2D eigenvalue weighted by atomic mass is 10.1. The second kappa shape index (κ2) is 6.97. The number of amides is 1. The highest BCUT2D eigenvalue weighted by Gasteiger charge is 2.19. The minimum Gasteiger partial charge on any atom is -0.389 e. The highest BCUT2D eigenvalue weighted by atomic mass is 16.6. The van der Waals surface area contributed by atoms with Crippen molar-refractivity contribution in [3.63, 3.8) is 0 Å². The van der Waals surface area contributed by atoms with Crippen LogP contribution in [0.1, 0.15) is 15.9 Å². The van der Waals surface area contributed by atoms with E-state index < -0.39 is 11.0 Å². The fourth-order valence-corrected chi connectivity index (χ4v) is 1.80. The minimum atomic E-state index is -0.798. The molecule has 7 nitrogen and oxygen atoms in total. The third-order valence-electron chi connectivity index (χ3n) is 2.85. The summed E-state index contributed by atoms with van der Waals surface area (Å²) in [5, 5.41) is 20.3. The van der Waals surface area contributed by atoms with Crippen LogP contribution in [-0.4, -0.2) is 54.3 Å². The second-order valence-corrected chi connectivity index (χ2v) is 4.55. The third kappa shape index (κ3) is 4.01. The topological polar surface area (TPSA) is 92.9 Å². The van der Waals surface area contributed by atoms with E-state index in [1.807, 2.05) is 0 Å². The number of benzene rings is 1. The Morgan fingerprint density at radius 2 is 2.20 bits per heavy atom. The zero-order chi connectivity index (χ0) is 15.3. The van der Waals surface area contributed by atoms with Gasteiger partial charge in [0.25, 0.3) is 11.6 Å². The lowest BCUT2D eigenvalue weighted by Crippen LogP contribution is -2.36. The van der Waals surface area contributed by atoms with Crippen molar-refractivity contribution in [2.75, 3.05) is 27.3 Å². The normalized spacial score (nSPS) is 12.0. The molecule has 1 atom stereocenters. The smallest absolute Gasteiger partial charge is 0.270 e. The Kier molecular flexibility index (Phi) is 5.60. The van der Waals surface area contributed by atoms with Gasteiger partial charge in [-0.15, -0.1) is 0 Å². The SMILES string of the molecule is COCC(O)CN(C)C(=O)c1cc([N+](=O)[O-])ccc1C. The van der Waals surface area contributed by atoms with Crippen LogP contribution < -0.4 is 0 Å². The lowest BCUT2D eigenvalue weighted by Gasteiger charge is -2.21. The maximum Gasteiger partial charge on any atom is 0.270 e. The first-order valence-corrected chi connectivity index (χ1v) is 6.04. The number of methoxy groups -OCH3 is 1. The zero-order valence-corrected chi connectivity index (χ0v) is 11.7. The van der Waals surface area contributed by atoms with Crippen molar-refractivity contribution in [1.82, 2.24) is 4.90 Å².